The molecule has 0 spiro atoms. The number of nitrogens with one attached hydrogen (secondary N) is 1. The maximum Gasteiger partial charge on any atom is 0.273 e. The highest BCUT2D eigenvalue weighted by Crippen LogP contribution is 2.14. The summed E-state index contributed by atoms with van der Waals surface area (Å²) in [5.41, 5.74) is 1.92. The number of nitrogens with zero attached hydrogens (tertiary/aromatic N) is 3. The molecule has 2 aromatic carbocycles. The van der Waals surface area contributed by atoms with Crippen LogP contribution in [0.2, 0.25) is 10.0 Å². The van der Waals surface area contributed by atoms with Crippen LogP contribution in [0.3, 0.4) is 0 Å². The minimum absolute atomic E-state index is 0.235. The number of halogens is 2. The molecule has 0 aliphatic rings. The zero-order valence-corrected chi connectivity index (χ0v) is 13.4. The van der Waals surface area contributed by atoms with Crippen molar-refractivity contribution in [1.82, 2.24) is 20.3 Å². The van der Waals surface area contributed by atoms with E-state index in [1.807, 2.05) is 18.2 Å². The van der Waals surface area contributed by atoms with Gasteiger partial charge in [0.2, 0.25) is 0 Å². The number of hydrogen-bond donors (Lipinski definition) is 1. The summed E-state index contributed by atoms with van der Waals surface area (Å²) >= 11 is 11.8. The smallest absolute Gasteiger partial charge is 0.273 e. The first-order chi connectivity index (χ1) is 11.1. The van der Waals surface area contributed by atoms with Gasteiger partial charge in [-0.15, -0.1) is 5.10 Å². The summed E-state index contributed by atoms with van der Waals surface area (Å²) in [6.07, 6.45) is 1.56. The maximum absolute atomic E-state index is 12.1. The minimum Gasteiger partial charge on any atom is -0.347 e. The van der Waals surface area contributed by atoms with Crippen LogP contribution in [0.1, 0.15) is 16.1 Å². The molecule has 0 saturated carbocycles. The van der Waals surface area contributed by atoms with Crippen LogP contribution in [0, 0.1) is 0 Å². The third-order valence-electron chi connectivity index (χ3n) is 3.17. The van der Waals surface area contributed by atoms with E-state index in [1.165, 1.54) is 4.68 Å². The molecule has 0 fully saturated rings. The maximum atomic E-state index is 12.1. The van der Waals surface area contributed by atoms with E-state index in [9.17, 15) is 4.79 Å². The van der Waals surface area contributed by atoms with E-state index in [2.05, 4.69) is 15.6 Å². The second kappa shape index (κ2) is 6.81. The highest BCUT2D eigenvalue weighted by Gasteiger charge is 2.11. The second-order valence-corrected chi connectivity index (χ2v) is 5.71. The van der Waals surface area contributed by atoms with Gasteiger partial charge in [-0.25, -0.2) is 4.68 Å². The van der Waals surface area contributed by atoms with Crippen LogP contribution in [-0.2, 0) is 6.54 Å². The first kappa shape index (κ1) is 15.5. The Kier molecular flexibility index (Phi) is 4.60. The van der Waals surface area contributed by atoms with Crippen molar-refractivity contribution in [3.05, 3.63) is 76.0 Å². The molecule has 7 heteroatoms. The molecular formula is C16H12Cl2N4O. The SMILES string of the molecule is O=C(NCc1ccc(Cl)cc1)c1cn(-c2cccc(Cl)c2)nn1. The van der Waals surface area contributed by atoms with Crippen LogP contribution in [0.15, 0.2) is 54.7 Å². The van der Waals surface area contributed by atoms with Gasteiger partial charge in [-0.1, -0.05) is 46.6 Å². The van der Waals surface area contributed by atoms with E-state index >= 15 is 0 Å². The Balaban J connectivity index is 1.67. The highest BCUT2D eigenvalue weighted by molar-refractivity contribution is 6.30. The van der Waals surface area contributed by atoms with Crippen LogP contribution in [0.4, 0.5) is 0 Å². The molecule has 1 heterocycles. The summed E-state index contributed by atoms with van der Waals surface area (Å²) in [7, 11) is 0. The van der Waals surface area contributed by atoms with Crippen molar-refractivity contribution in [2.45, 2.75) is 6.54 Å². The van der Waals surface area contributed by atoms with Gasteiger partial charge in [0, 0.05) is 16.6 Å². The van der Waals surface area contributed by atoms with Gasteiger partial charge in [-0.05, 0) is 35.9 Å². The molecule has 0 aliphatic heterocycles. The quantitative estimate of drug-likeness (QED) is 0.786. The van der Waals surface area contributed by atoms with Crippen LogP contribution >= 0.6 is 23.2 Å². The lowest BCUT2D eigenvalue weighted by Crippen LogP contribution is -2.23. The van der Waals surface area contributed by atoms with Crippen LogP contribution in [0.25, 0.3) is 5.69 Å². The first-order valence-corrected chi connectivity index (χ1v) is 7.58. The van der Waals surface area contributed by atoms with Crippen LogP contribution < -0.4 is 5.32 Å². The summed E-state index contributed by atoms with van der Waals surface area (Å²) in [6.45, 7) is 0.389. The molecular weight excluding hydrogens is 335 g/mol. The minimum atomic E-state index is -0.298. The fourth-order valence-corrected chi connectivity index (χ4v) is 2.30. The number of rotatable bonds is 4. The summed E-state index contributed by atoms with van der Waals surface area (Å²) in [5.74, 6) is -0.298. The lowest BCUT2D eigenvalue weighted by Gasteiger charge is -2.03. The number of aromatic nitrogens is 3. The first-order valence-electron chi connectivity index (χ1n) is 6.83. The molecule has 0 saturated heterocycles. The molecule has 0 bridgehead atoms. The zero-order valence-electron chi connectivity index (χ0n) is 11.9. The fourth-order valence-electron chi connectivity index (χ4n) is 1.99. The Morgan fingerprint density at radius 2 is 1.87 bits per heavy atom. The van der Waals surface area contributed by atoms with Gasteiger partial charge in [-0.3, -0.25) is 4.79 Å². The predicted octanol–water partition coefficient (Wildman–Crippen LogP) is 3.50. The normalized spacial score (nSPS) is 10.5. The van der Waals surface area contributed by atoms with Gasteiger partial charge in [0.25, 0.3) is 5.91 Å². The van der Waals surface area contributed by atoms with Gasteiger partial charge >= 0.3 is 0 Å². The second-order valence-electron chi connectivity index (χ2n) is 4.84. The summed E-state index contributed by atoms with van der Waals surface area (Å²) in [6, 6.07) is 14.4. The topological polar surface area (TPSA) is 59.8 Å². The number of hydrogen-bond acceptors (Lipinski definition) is 3. The third-order valence-corrected chi connectivity index (χ3v) is 3.65. The monoisotopic (exact) mass is 346 g/mol. The van der Waals surface area contributed by atoms with Gasteiger partial charge in [0.1, 0.15) is 0 Å². The molecule has 0 radical (unpaired) electrons. The van der Waals surface area contributed by atoms with Gasteiger partial charge in [0.05, 0.1) is 11.9 Å². The predicted molar refractivity (Wildman–Crippen MR) is 89.0 cm³/mol. The van der Waals surface area contributed by atoms with Crippen molar-refractivity contribution in [3.8, 4) is 5.69 Å². The van der Waals surface area contributed by atoms with Crippen molar-refractivity contribution in [2.24, 2.45) is 0 Å². The molecule has 3 aromatic rings. The number of benzene rings is 2. The van der Waals surface area contributed by atoms with E-state index in [-0.39, 0.29) is 11.6 Å². The Labute approximate surface area is 142 Å². The van der Waals surface area contributed by atoms with E-state index in [0.717, 1.165) is 11.3 Å². The lowest BCUT2D eigenvalue weighted by molar-refractivity contribution is 0.0946. The molecule has 0 atom stereocenters. The molecule has 0 aliphatic carbocycles. The van der Waals surface area contributed by atoms with E-state index in [1.54, 1.807) is 36.5 Å². The van der Waals surface area contributed by atoms with Crippen LogP contribution in [0.5, 0.6) is 0 Å². The van der Waals surface area contributed by atoms with Crippen molar-refractivity contribution in [3.63, 3.8) is 0 Å². The standard InChI is InChI=1S/C16H12Cl2N4O/c17-12-6-4-11(5-7-12)9-19-16(23)15-10-22(21-20-15)14-3-1-2-13(18)8-14/h1-8,10H,9H2,(H,19,23). The molecule has 5 nitrogen and oxygen atoms in total. The van der Waals surface area contributed by atoms with Crippen molar-refractivity contribution >= 4 is 29.1 Å². The largest absolute Gasteiger partial charge is 0.347 e. The summed E-state index contributed by atoms with van der Waals surface area (Å²) < 4.78 is 1.50. The molecule has 23 heavy (non-hydrogen) atoms. The molecule has 1 amide bonds. The van der Waals surface area contributed by atoms with Gasteiger partial charge < -0.3 is 5.32 Å². The fraction of sp³-hybridized carbons (Fsp3) is 0.0625. The van der Waals surface area contributed by atoms with Gasteiger partial charge in [-0.2, -0.15) is 0 Å². The zero-order chi connectivity index (χ0) is 16.2. The number of amides is 1. The third kappa shape index (κ3) is 3.88. The van der Waals surface area contributed by atoms with Crippen molar-refractivity contribution in [2.75, 3.05) is 0 Å². The number of carbonyl (C=O) groups is 1. The molecule has 1 N–H and O–H groups in total. The van der Waals surface area contributed by atoms with E-state index < -0.39 is 0 Å². The van der Waals surface area contributed by atoms with Crippen molar-refractivity contribution in [1.29, 1.82) is 0 Å². The summed E-state index contributed by atoms with van der Waals surface area (Å²) in [5, 5.41) is 11.9. The Hall–Kier alpha value is -2.37. The number of carbonyl (C=O) groups excluding carboxylic acids is 1. The molecule has 3 rings (SSSR count). The molecule has 116 valence electrons. The molecule has 1 aromatic heterocycles. The average Bonchev–Trinajstić information content (AvgIpc) is 3.04. The van der Waals surface area contributed by atoms with E-state index in [4.69, 9.17) is 23.2 Å². The Morgan fingerprint density at radius 3 is 2.61 bits per heavy atom. The van der Waals surface area contributed by atoms with Crippen LogP contribution in [-0.4, -0.2) is 20.9 Å². The highest BCUT2D eigenvalue weighted by atomic mass is 35.5. The van der Waals surface area contributed by atoms with Crippen molar-refractivity contribution < 1.29 is 4.79 Å². The average molecular weight is 347 g/mol. The lowest BCUT2D eigenvalue weighted by atomic mass is 10.2. The Bertz CT molecular complexity index is 830. The van der Waals surface area contributed by atoms with Gasteiger partial charge in [0.15, 0.2) is 5.69 Å². The Morgan fingerprint density at radius 1 is 1.09 bits per heavy atom. The van der Waals surface area contributed by atoms with E-state index in [0.29, 0.717) is 16.6 Å². The molecule has 0 unspecified atom stereocenters. The summed E-state index contributed by atoms with van der Waals surface area (Å²) in [4.78, 5) is 12.1.